The van der Waals surface area contributed by atoms with Gasteiger partial charge < -0.3 is 14.7 Å². The molecule has 5 nitrogen and oxygen atoms in total. The summed E-state index contributed by atoms with van der Waals surface area (Å²) in [5.74, 6) is 3.85. The first kappa shape index (κ1) is 14.2. The average molecular weight is 303 g/mol. The van der Waals surface area contributed by atoms with Crippen molar-refractivity contribution < 1.29 is 9.84 Å². The third kappa shape index (κ3) is 2.09. The minimum Gasteiger partial charge on any atom is -0.491 e. The van der Waals surface area contributed by atoms with Gasteiger partial charge in [-0.3, -0.25) is 0 Å². The van der Waals surface area contributed by atoms with Crippen LogP contribution in [-0.2, 0) is 0 Å². The van der Waals surface area contributed by atoms with Crippen LogP contribution in [0.25, 0.3) is 0 Å². The maximum atomic E-state index is 9.93. The number of hydrogen-bond donors (Lipinski definition) is 1. The van der Waals surface area contributed by atoms with Crippen molar-refractivity contribution in [2.75, 3.05) is 31.7 Å². The summed E-state index contributed by atoms with van der Waals surface area (Å²) in [5.41, 5.74) is 1.01. The Bertz CT molecular complexity index is 588. The summed E-state index contributed by atoms with van der Waals surface area (Å²) in [6.07, 6.45) is 6.00. The van der Waals surface area contributed by atoms with E-state index in [1.165, 1.54) is 25.7 Å². The van der Waals surface area contributed by atoms with E-state index in [0.717, 1.165) is 42.6 Å². The van der Waals surface area contributed by atoms with Crippen molar-refractivity contribution in [2.24, 2.45) is 11.3 Å². The third-order valence-corrected chi connectivity index (χ3v) is 5.84. The van der Waals surface area contributed by atoms with Crippen LogP contribution in [-0.4, -0.2) is 41.9 Å². The van der Waals surface area contributed by atoms with E-state index in [9.17, 15) is 5.11 Å². The molecule has 2 atom stereocenters. The molecule has 2 saturated carbocycles. The first-order chi connectivity index (χ1) is 10.7. The minimum absolute atomic E-state index is 0.0730. The Kier molecular flexibility index (Phi) is 3.29. The summed E-state index contributed by atoms with van der Waals surface area (Å²) in [7, 11) is 1.70. The number of aliphatic hydroxyl groups excluding tert-OH is 1. The van der Waals surface area contributed by atoms with Crippen molar-refractivity contribution in [2.45, 2.75) is 44.9 Å². The maximum absolute atomic E-state index is 9.93. The van der Waals surface area contributed by atoms with E-state index in [1.807, 2.05) is 6.92 Å². The van der Waals surface area contributed by atoms with Gasteiger partial charge in [0.05, 0.1) is 19.4 Å². The van der Waals surface area contributed by atoms with Crippen LogP contribution in [0.1, 0.15) is 49.5 Å². The zero-order valence-electron chi connectivity index (χ0n) is 13.5. The summed E-state index contributed by atoms with van der Waals surface area (Å²) in [6.45, 7) is 4.17. The van der Waals surface area contributed by atoms with Gasteiger partial charge in [-0.05, 0) is 38.5 Å². The second kappa shape index (κ2) is 5.08. The lowest BCUT2D eigenvalue weighted by Crippen LogP contribution is -2.31. The van der Waals surface area contributed by atoms with E-state index in [0.29, 0.717) is 11.8 Å². The number of rotatable bonds is 4. The smallest absolute Gasteiger partial charge is 0.182 e. The molecule has 1 aromatic heterocycles. The quantitative estimate of drug-likeness (QED) is 0.924. The maximum Gasteiger partial charge on any atom is 0.182 e. The lowest BCUT2D eigenvalue weighted by Gasteiger charge is -2.27. The number of methoxy groups -OCH3 is 1. The molecule has 3 aliphatic rings. The number of fused-ring (bicyclic) bond motifs is 1. The number of aryl methyl sites for hydroxylation is 1. The van der Waals surface area contributed by atoms with Crippen molar-refractivity contribution in [1.82, 2.24) is 9.97 Å². The van der Waals surface area contributed by atoms with Crippen molar-refractivity contribution in [3.8, 4) is 5.75 Å². The lowest BCUT2D eigenvalue weighted by molar-refractivity contribution is 0.121. The first-order valence-electron chi connectivity index (χ1n) is 8.45. The summed E-state index contributed by atoms with van der Waals surface area (Å²) in [5, 5.41) is 9.93. The standard InChI is InChI=1S/C17H25N3O2/c1-11-14(22-2)16(19-15(18-11)12-5-6-12)20-8-13-4-3-7-17(13,9-20)10-21/h12-13,21H,3-10H2,1-2H3/t13-,17+/m0/s1. The fourth-order valence-electron chi connectivity index (χ4n) is 4.38. The molecule has 2 aliphatic carbocycles. The molecule has 1 aromatic rings. The Morgan fingerprint density at radius 1 is 1.32 bits per heavy atom. The van der Waals surface area contributed by atoms with Crippen molar-refractivity contribution in [1.29, 1.82) is 0 Å². The van der Waals surface area contributed by atoms with Crippen LogP contribution in [0.5, 0.6) is 5.75 Å². The molecule has 1 aliphatic heterocycles. The highest BCUT2D eigenvalue weighted by molar-refractivity contribution is 5.56. The fourth-order valence-corrected chi connectivity index (χ4v) is 4.38. The van der Waals surface area contributed by atoms with Gasteiger partial charge in [0.1, 0.15) is 5.82 Å². The molecule has 2 heterocycles. The van der Waals surface area contributed by atoms with E-state index in [4.69, 9.17) is 9.72 Å². The molecule has 4 rings (SSSR count). The minimum atomic E-state index is 0.0730. The van der Waals surface area contributed by atoms with Crippen LogP contribution in [0.2, 0.25) is 0 Å². The predicted molar refractivity (Wildman–Crippen MR) is 84.4 cm³/mol. The molecule has 0 unspecified atom stereocenters. The number of ether oxygens (including phenoxy) is 1. The normalized spacial score (nSPS) is 30.7. The summed E-state index contributed by atoms with van der Waals surface area (Å²) < 4.78 is 5.60. The van der Waals surface area contributed by atoms with E-state index in [2.05, 4.69) is 9.88 Å². The van der Waals surface area contributed by atoms with Crippen molar-refractivity contribution in [3.05, 3.63) is 11.5 Å². The second-order valence-electron chi connectivity index (χ2n) is 7.29. The van der Waals surface area contributed by atoms with Gasteiger partial charge in [-0.2, -0.15) is 0 Å². The SMILES string of the molecule is COc1c(C)nc(C2CC2)nc1N1C[C@@H]2CCC[C@]2(CO)C1. The van der Waals surface area contributed by atoms with Gasteiger partial charge >= 0.3 is 0 Å². The van der Waals surface area contributed by atoms with Gasteiger partial charge in [0.2, 0.25) is 0 Å². The summed E-state index contributed by atoms with van der Waals surface area (Å²) in [6, 6.07) is 0. The van der Waals surface area contributed by atoms with Gasteiger partial charge in [-0.1, -0.05) is 6.42 Å². The van der Waals surface area contributed by atoms with Gasteiger partial charge in [0.25, 0.3) is 0 Å². The monoisotopic (exact) mass is 303 g/mol. The Hall–Kier alpha value is -1.36. The highest BCUT2D eigenvalue weighted by Gasteiger charge is 2.50. The van der Waals surface area contributed by atoms with E-state index in [1.54, 1.807) is 7.11 Å². The Morgan fingerprint density at radius 2 is 2.14 bits per heavy atom. The molecule has 0 amide bonds. The van der Waals surface area contributed by atoms with E-state index in [-0.39, 0.29) is 12.0 Å². The number of aromatic nitrogens is 2. The molecule has 0 aromatic carbocycles. The first-order valence-corrected chi connectivity index (χ1v) is 8.45. The van der Waals surface area contributed by atoms with Crippen LogP contribution < -0.4 is 9.64 Å². The van der Waals surface area contributed by atoms with Crippen molar-refractivity contribution in [3.63, 3.8) is 0 Å². The molecule has 0 radical (unpaired) electrons. The molecular weight excluding hydrogens is 278 g/mol. The topological polar surface area (TPSA) is 58.5 Å². The number of nitrogens with zero attached hydrogens (tertiary/aromatic N) is 3. The largest absolute Gasteiger partial charge is 0.491 e. The molecule has 0 bridgehead atoms. The number of hydrogen-bond acceptors (Lipinski definition) is 5. The second-order valence-corrected chi connectivity index (χ2v) is 7.29. The average Bonchev–Trinajstić information content (AvgIpc) is 3.19. The van der Waals surface area contributed by atoms with Crippen LogP contribution >= 0.6 is 0 Å². The van der Waals surface area contributed by atoms with Crippen LogP contribution in [0.3, 0.4) is 0 Å². The molecule has 5 heteroatoms. The molecule has 3 fully saturated rings. The number of anilines is 1. The third-order valence-electron chi connectivity index (χ3n) is 5.84. The summed E-state index contributed by atoms with van der Waals surface area (Å²) >= 11 is 0. The van der Waals surface area contributed by atoms with Crippen LogP contribution in [0.15, 0.2) is 0 Å². The van der Waals surface area contributed by atoms with Crippen LogP contribution in [0, 0.1) is 18.3 Å². The van der Waals surface area contributed by atoms with Gasteiger partial charge in [0, 0.05) is 24.4 Å². The Labute approximate surface area is 131 Å². The highest BCUT2D eigenvalue weighted by Crippen LogP contribution is 2.50. The molecular formula is C17H25N3O2. The molecule has 22 heavy (non-hydrogen) atoms. The number of aliphatic hydroxyl groups is 1. The molecule has 1 saturated heterocycles. The van der Waals surface area contributed by atoms with Gasteiger partial charge in [-0.25, -0.2) is 9.97 Å². The van der Waals surface area contributed by atoms with Gasteiger partial charge in [-0.15, -0.1) is 0 Å². The van der Waals surface area contributed by atoms with Crippen molar-refractivity contribution >= 4 is 5.82 Å². The van der Waals surface area contributed by atoms with E-state index >= 15 is 0 Å². The zero-order valence-corrected chi connectivity index (χ0v) is 13.5. The van der Waals surface area contributed by atoms with E-state index < -0.39 is 0 Å². The fraction of sp³-hybridized carbons (Fsp3) is 0.765. The zero-order chi connectivity index (χ0) is 15.3. The molecule has 120 valence electrons. The van der Waals surface area contributed by atoms with Crippen LogP contribution in [0.4, 0.5) is 5.82 Å². The molecule has 1 N–H and O–H groups in total. The Morgan fingerprint density at radius 3 is 2.77 bits per heavy atom. The predicted octanol–water partition coefficient (Wildman–Crippen LogP) is 2.27. The highest BCUT2D eigenvalue weighted by atomic mass is 16.5. The Balaban J connectivity index is 1.70. The molecule has 0 spiro atoms. The lowest BCUT2D eigenvalue weighted by atomic mass is 9.82. The summed E-state index contributed by atoms with van der Waals surface area (Å²) in [4.78, 5) is 11.8. The van der Waals surface area contributed by atoms with Gasteiger partial charge in [0.15, 0.2) is 11.6 Å².